The first-order chi connectivity index (χ1) is 8.78. The predicted molar refractivity (Wildman–Crippen MR) is 76.3 cm³/mol. The van der Waals surface area contributed by atoms with Crippen molar-refractivity contribution in [3.63, 3.8) is 0 Å². The Kier molecular flexibility index (Phi) is 3.33. The predicted octanol–water partition coefficient (Wildman–Crippen LogP) is 3.28. The van der Waals surface area contributed by atoms with E-state index in [2.05, 4.69) is 48.8 Å². The van der Waals surface area contributed by atoms with Crippen molar-refractivity contribution >= 4 is 23.4 Å². The van der Waals surface area contributed by atoms with E-state index in [-0.39, 0.29) is 0 Å². The van der Waals surface area contributed by atoms with Gasteiger partial charge in [-0.1, -0.05) is 41.6 Å². The summed E-state index contributed by atoms with van der Waals surface area (Å²) >= 11 is 7.97. The Morgan fingerprint density at radius 3 is 2.83 bits per heavy atom. The molecule has 0 aliphatic carbocycles. The molecule has 3 heteroatoms. The molecule has 1 atom stereocenters. The zero-order valence-corrected chi connectivity index (χ0v) is 11.8. The van der Waals surface area contributed by atoms with Gasteiger partial charge in [-0.3, -0.25) is 0 Å². The molecule has 0 saturated heterocycles. The second kappa shape index (κ2) is 4.96. The van der Waals surface area contributed by atoms with Crippen LogP contribution in [0.5, 0.6) is 0 Å². The largest absolute Gasteiger partial charge is 0.342 e. The molecule has 0 amide bonds. The molecule has 0 spiro atoms. The minimum atomic E-state index is 0.480. The number of hydrogen-bond donors (Lipinski definition) is 1. The van der Waals surface area contributed by atoms with Crippen molar-refractivity contribution in [1.82, 2.24) is 0 Å². The second-order valence-electron chi connectivity index (χ2n) is 4.54. The average molecular weight is 277 g/mol. The summed E-state index contributed by atoms with van der Waals surface area (Å²) in [6, 6.07) is 15.4. The van der Waals surface area contributed by atoms with Crippen molar-refractivity contribution < 1.29 is 5.32 Å². The topological polar surface area (TPSA) is 16.6 Å². The molecule has 1 heterocycles. The molecule has 0 bridgehead atoms. The van der Waals surface area contributed by atoms with Gasteiger partial charge in [0.15, 0.2) is 0 Å². The van der Waals surface area contributed by atoms with E-state index in [4.69, 9.17) is 11.6 Å². The van der Waals surface area contributed by atoms with Gasteiger partial charge in [0.2, 0.25) is 0 Å². The van der Waals surface area contributed by atoms with Crippen LogP contribution in [0.1, 0.15) is 17.2 Å². The number of halogens is 1. The molecule has 92 valence electrons. The number of benzene rings is 2. The highest BCUT2D eigenvalue weighted by Gasteiger charge is 2.23. The fourth-order valence-corrected chi connectivity index (χ4v) is 3.77. The van der Waals surface area contributed by atoms with Crippen LogP contribution >= 0.6 is 23.4 Å². The van der Waals surface area contributed by atoms with Crippen molar-refractivity contribution in [2.75, 3.05) is 7.05 Å². The van der Waals surface area contributed by atoms with E-state index in [1.54, 1.807) is 0 Å². The summed E-state index contributed by atoms with van der Waals surface area (Å²) in [7, 11) is 2.14. The highest BCUT2D eigenvalue weighted by Crippen LogP contribution is 2.40. The number of fused-ring (bicyclic) bond motifs is 2. The summed E-state index contributed by atoms with van der Waals surface area (Å²) in [5.74, 6) is 0. The minimum absolute atomic E-state index is 0.480. The van der Waals surface area contributed by atoms with Crippen LogP contribution in [0.4, 0.5) is 0 Å². The van der Waals surface area contributed by atoms with Crippen LogP contribution in [-0.2, 0) is 6.42 Å². The molecule has 3 rings (SSSR count). The zero-order valence-electron chi connectivity index (χ0n) is 10.2. The summed E-state index contributed by atoms with van der Waals surface area (Å²) in [6.07, 6.45) is 1.04. The van der Waals surface area contributed by atoms with Crippen molar-refractivity contribution in [2.24, 2.45) is 0 Å². The molecule has 2 aromatic carbocycles. The third-order valence-corrected chi connectivity index (χ3v) is 4.85. The number of hydrogen-bond acceptors (Lipinski definition) is 1. The molecule has 0 radical (unpaired) electrons. The van der Waals surface area contributed by atoms with Crippen molar-refractivity contribution in [1.29, 1.82) is 0 Å². The fraction of sp³-hybridized carbons (Fsp3) is 0.200. The van der Waals surface area contributed by atoms with Gasteiger partial charge in [0.1, 0.15) is 6.04 Å². The van der Waals surface area contributed by atoms with E-state index >= 15 is 0 Å². The molecule has 0 unspecified atom stereocenters. The van der Waals surface area contributed by atoms with Gasteiger partial charge in [-0.05, 0) is 29.8 Å². The van der Waals surface area contributed by atoms with E-state index in [1.165, 1.54) is 20.9 Å². The molecule has 0 fully saturated rings. The first-order valence-electron chi connectivity index (χ1n) is 6.12. The quantitative estimate of drug-likeness (QED) is 0.846. The van der Waals surface area contributed by atoms with Gasteiger partial charge in [-0.25, -0.2) is 0 Å². The molecule has 2 N–H and O–H groups in total. The third kappa shape index (κ3) is 2.16. The number of rotatable bonds is 1. The highest BCUT2D eigenvalue weighted by molar-refractivity contribution is 7.99. The Morgan fingerprint density at radius 1 is 1.17 bits per heavy atom. The maximum absolute atomic E-state index is 6.11. The summed E-state index contributed by atoms with van der Waals surface area (Å²) in [6.45, 7) is 0. The summed E-state index contributed by atoms with van der Waals surface area (Å²) in [5.41, 5.74) is 2.78. The Balaban J connectivity index is 2.13. The van der Waals surface area contributed by atoms with Gasteiger partial charge in [0, 0.05) is 26.8 Å². The molecule has 0 aromatic heterocycles. The summed E-state index contributed by atoms with van der Waals surface area (Å²) in [5, 5.41) is 3.12. The second-order valence-corrected chi connectivity index (χ2v) is 6.06. The van der Waals surface area contributed by atoms with Crippen molar-refractivity contribution in [3.8, 4) is 0 Å². The van der Waals surface area contributed by atoms with Crippen LogP contribution in [0.15, 0.2) is 52.3 Å². The standard InChI is InChI=1S/C15H14ClNS/c1-17-13-9-10-8-11(16)6-7-14(10)18-15-5-3-2-4-12(13)15/h2-8,13,17H,9H2,1H3/p+1/t13-/m0/s1. The zero-order chi connectivity index (χ0) is 12.5. The molecule has 0 saturated carbocycles. The van der Waals surface area contributed by atoms with Crippen LogP contribution in [0.2, 0.25) is 5.02 Å². The molecular formula is C15H15ClNS+. The van der Waals surface area contributed by atoms with Crippen LogP contribution in [-0.4, -0.2) is 7.05 Å². The van der Waals surface area contributed by atoms with Gasteiger partial charge in [0.25, 0.3) is 0 Å². The molecule has 2 aromatic rings. The molecule has 18 heavy (non-hydrogen) atoms. The Morgan fingerprint density at radius 2 is 2.00 bits per heavy atom. The van der Waals surface area contributed by atoms with Crippen LogP contribution in [0, 0.1) is 0 Å². The van der Waals surface area contributed by atoms with Crippen LogP contribution in [0.25, 0.3) is 0 Å². The van der Waals surface area contributed by atoms with E-state index in [1.807, 2.05) is 17.8 Å². The maximum Gasteiger partial charge on any atom is 0.117 e. The van der Waals surface area contributed by atoms with Gasteiger partial charge in [-0.2, -0.15) is 0 Å². The lowest BCUT2D eigenvalue weighted by Crippen LogP contribution is -2.81. The van der Waals surface area contributed by atoms with E-state index in [9.17, 15) is 0 Å². The van der Waals surface area contributed by atoms with Gasteiger partial charge < -0.3 is 5.32 Å². The summed E-state index contributed by atoms with van der Waals surface area (Å²) in [4.78, 5) is 2.69. The first kappa shape index (κ1) is 12.1. The normalized spacial score (nSPS) is 17.8. The summed E-state index contributed by atoms with van der Waals surface area (Å²) < 4.78 is 0. The van der Waals surface area contributed by atoms with Crippen molar-refractivity contribution in [3.05, 3.63) is 58.6 Å². The fourth-order valence-electron chi connectivity index (χ4n) is 2.45. The van der Waals surface area contributed by atoms with Crippen LogP contribution in [0.3, 0.4) is 0 Å². The van der Waals surface area contributed by atoms with Gasteiger partial charge >= 0.3 is 0 Å². The molecule has 1 aliphatic rings. The Bertz CT molecular complexity index is 582. The monoisotopic (exact) mass is 276 g/mol. The maximum atomic E-state index is 6.11. The molecule has 1 nitrogen and oxygen atoms in total. The third-order valence-electron chi connectivity index (χ3n) is 3.40. The number of nitrogens with two attached hydrogens (primary N) is 1. The van der Waals surface area contributed by atoms with E-state index in [0.717, 1.165) is 11.4 Å². The number of likely N-dealkylation sites (N-methyl/N-ethyl adjacent to an activating group) is 1. The smallest absolute Gasteiger partial charge is 0.117 e. The Hall–Kier alpha value is -0.960. The average Bonchev–Trinajstić information content (AvgIpc) is 2.54. The lowest BCUT2D eigenvalue weighted by Gasteiger charge is -2.13. The van der Waals surface area contributed by atoms with E-state index < -0.39 is 0 Å². The molecular weight excluding hydrogens is 262 g/mol. The van der Waals surface area contributed by atoms with Gasteiger partial charge in [-0.15, -0.1) is 0 Å². The minimum Gasteiger partial charge on any atom is -0.342 e. The SMILES string of the molecule is C[NH2+][C@H]1Cc2cc(Cl)ccc2Sc2ccccc21. The van der Waals surface area contributed by atoms with E-state index in [0.29, 0.717) is 6.04 Å². The number of quaternary nitrogens is 1. The lowest BCUT2D eigenvalue weighted by molar-refractivity contribution is -0.670. The Labute approximate surface area is 117 Å². The van der Waals surface area contributed by atoms with Crippen molar-refractivity contribution in [2.45, 2.75) is 22.3 Å². The molecule has 1 aliphatic heterocycles. The van der Waals surface area contributed by atoms with Crippen LogP contribution < -0.4 is 5.32 Å². The van der Waals surface area contributed by atoms with Gasteiger partial charge in [0.05, 0.1) is 7.05 Å². The highest BCUT2D eigenvalue weighted by atomic mass is 35.5. The first-order valence-corrected chi connectivity index (χ1v) is 7.32. The lowest BCUT2D eigenvalue weighted by atomic mass is 9.99.